The topological polar surface area (TPSA) is 91.4 Å². The van der Waals surface area contributed by atoms with Crippen LogP contribution in [0.25, 0.3) is 6.08 Å². The van der Waals surface area contributed by atoms with Crippen LogP contribution < -0.4 is 14.2 Å². The van der Waals surface area contributed by atoms with Crippen molar-refractivity contribution in [2.75, 3.05) is 33.5 Å². The van der Waals surface area contributed by atoms with Crippen molar-refractivity contribution in [1.82, 2.24) is 4.90 Å². The van der Waals surface area contributed by atoms with Crippen LogP contribution >= 0.6 is 23.4 Å². The smallest absolute Gasteiger partial charge is 0.343 e. The van der Waals surface area contributed by atoms with E-state index in [1.165, 1.54) is 7.11 Å². The molecule has 0 radical (unpaired) electrons. The average molecular weight is 506 g/mol. The highest BCUT2D eigenvalue weighted by Gasteiger charge is 2.35. The zero-order chi connectivity index (χ0) is 24.7. The van der Waals surface area contributed by atoms with Crippen LogP contribution in [-0.4, -0.2) is 55.5 Å². The number of carbonyl (C=O) groups excluding carboxylic acids is 3. The summed E-state index contributed by atoms with van der Waals surface area (Å²) in [6.07, 6.45) is 1.56. The number of aryl methyl sites for hydroxylation is 1. The van der Waals surface area contributed by atoms with E-state index in [0.717, 1.165) is 22.2 Å². The minimum Gasteiger partial charge on any atom is -0.492 e. The fourth-order valence-corrected chi connectivity index (χ4v) is 4.21. The van der Waals surface area contributed by atoms with Gasteiger partial charge in [-0.25, -0.2) is 4.79 Å². The molecule has 10 heteroatoms. The summed E-state index contributed by atoms with van der Waals surface area (Å²) in [5.41, 5.74) is 1.60. The molecular weight excluding hydrogens is 482 g/mol. The Bertz CT molecular complexity index is 1120. The van der Waals surface area contributed by atoms with Crippen LogP contribution in [0.3, 0.4) is 0 Å². The van der Waals surface area contributed by atoms with Gasteiger partial charge in [-0.2, -0.15) is 0 Å². The van der Waals surface area contributed by atoms with E-state index in [2.05, 4.69) is 4.74 Å². The number of methoxy groups -OCH3 is 1. The van der Waals surface area contributed by atoms with Gasteiger partial charge >= 0.3 is 5.97 Å². The molecule has 34 heavy (non-hydrogen) atoms. The summed E-state index contributed by atoms with van der Waals surface area (Å²) in [7, 11) is 1.25. The Hall–Kier alpha value is -3.17. The Labute approximate surface area is 206 Å². The van der Waals surface area contributed by atoms with Crippen LogP contribution in [0.15, 0.2) is 41.3 Å². The average Bonchev–Trinajstić information content (AvgIpc) is 3.06. The van der Waals surface area contributed by atoms with Crippen LogP contribution in [0.5, 0.6) is 17.2 Å². The van der Waals surface area contributed by atoms with Crippen LogP contribution in [0.4, 0.5) is 4.79 Å². The first kappa shape index (κ1) is 25.5. The standard InChI is InChI=1S/C24H24ClNO7S/c1-4-31-19-12-16(11-18(25)22(19)33-14-21(27)30-3)13-20-23(28)26(24(29)34-20)8-9-32-17-7-5-6-15(2)10-17/h5-7,10-13H,4,8-9,14H2,1-3H3/b20-13-. The largest absolute Gasteiger partial charge is 0.492 e. The molecule has 0 aliphatic carbocycles. The van der Waals surface area contributed by atoms with E-state index in [9.17, 15) is 14.4 Å². The molecular formula is C24H24ClNO7S. The lowest BCUT2D eigenvalue weighted by atomic mass is 10.1. The Morgan fingerprint density at radius 3 is 2.65 bits per heavy atom. The van der Waals surface area contributed by atoms with E-state index in [1.54, 1.807) is 25.1 Å². The predicted octanol–water partition coefficient (Wildman–Crippen LogP) is 4.71. The van der Waals surface area contributed by atoms with Gasteiger partial charge in [0.15, 0.2) is 18.1 Å². The van der Waals surface area contributed by atoms with E-state index in [1.807, 2.05) is 31.2 Å². The minimum absolute atomic E-state index is 0.126. The van der Waals surface area contributed by atoms with Crippen molar-refractivity contribution in [3.63, 3.8) is 0 Å². The number of thioether (sulfide) groups is 1. The van der Waals surface area contributed by atoms with Gasteiger partial charge in [0.1, 0.15) is 12.4 Å². The molecule has 8 nitrogen and oxygen atoms in total. The number of benzene rings is 2. The Morgan fingerprint density at radius 1 is 1.15 bits per heavy atom. The normalized spacial score (nSPS) is 14.5. The summed E-state index contributed by atoms with van der Waals surface area (Å²) in [6.45, 7) is 4.04. The van der Waals surface area contributed by atoms with Crippen LogP contribution in [0.2, 0.25) is 5.02 Å². The van der Waals surface area contributed by atoms with Crippen molar-refractivity contribution in [2.45, 2.75) is 13.8 Å². The summed E-state index contributed by atoms with van der Waals surface area (Å²) >= 11 is 7.18. The molecule has 0 atom stereocenters. The van der Waals surface area contributed by atoms with Crippen molar-refractivity contribution in [3.05, 3.63) is 57.5 Å². The number of amides is 2. The highest BCUT2D eigenvalue weighted by molar-refractivity contribution is 8.18. The van der Waals surface area contributed by atoms with Gasteiger partial charge in [0.05, 0.1) is 30.2 Å². The van der Waals surface area contributed by atoms with E-state index < -0.39 is 11.9 Å². The maximum absolute atomic E-state index is 12.8. The third-order valence-corrected chi connectivity index (χ3v) is 5.83. The molecule has 1 saturated heterocycles. The lowest BCUT2D eigenvalue weighted by Crippen LogP contribution is -2.32. The van der Waals surface area contributed by atoms with Crippen molar-refractivity contribution < 1.29 is 33.3 Å². The molecule has 0 bridgehead atoms. The molecule has 2 aromatic rings. The minimum atomic E-state index is -0.567. The summed E-state index contributed by atoms with van der Waals surface area (Å²) in [5.74, 6) is 0.184. The second-order valence-electron chi connectivity index (χ2n) is 7.13. The van der Waals surface area contributed by atoms with E-state index in [-0.39, 0.29) is 40.7 Å². The van der Waals surface area contributed by atoms with Gasteiger partial charge in [0.2, 0.25) is 0 Å². The number of imide groups is 1. The van der Waals surface area contributed by atoms with E-state index in [0.29, 0.717) is 23.7 Å². The first-order chi connectivity index (χ1) is 16.3. The molecule has 0 unspecified atom stereocenters. The van der Waals surface area contributed by atoms with Gasteiger partial charge in [-0.3, -0.25) is 14.5 Å². The first-order valence-corrected chi connectivity index (χ1v) is 11.6. The number of halogens is 1. The number of esters is 1. The van der Waals surface area contributed by atoms with Crippen molar-refractivity contribution >= 4 is 46.6 Å². The number of hydrogen-bond acceptors (Lipinski definition) is 8. The third-order valence-electron chi connectivity index (χ3n) is 4.64. The van der Waals surface area contributed by atoms with Gasteiger partial charge in [0.25, 0.3) is 11.1 Å². The second kappa shape index (κ2) is 11.8. The highest BCUT2D eigenvalue weighted by Crippen LogP contribution is 2.39. The number of rotatable bonds is 10. The monoisotopic (exact) mass is 505 g/mol. The van der Waals surface area contributed by atoms with Crippen LogP contribution in [0.1, 0.15) is 18.1 Å². The van der Waals surface area contributed by atoms with Gasteiger partial charge in [0, 0.05) is 0 Å². The summed E-state index contributed by atoms with van der Waals surface area (Å²) in [6, 6.07) is 10.7. The molecule has 1 aliphatic rings. The SMILES string of the molecule is CCOc1cc(/C=C2\SC(=O)N(CCOc3cccc(C)c3)C2=O)cc(Cl)c1OCC(=O)OC. The highest BCUT2D eigenvalue weighted by atomic mass is 35.5. The Morgan fingerprint density at radius 2 is 1.94 bits per heavy atom. The van der Waals surface area contributed by atoms with Gasteiger partial charge in [-0.15, -0.1) is 0 Å². The molecule has 1 aliphatic heterocycles. The van der Waals surface area contributed by atoms with Crippen molar-refractivity contribution in [3.8, 4) is 17.2 Å². The van der Waals surface area contributed by atoms with E-state index >= 15 is 0 Å². The zero-order valence-electron chi connectivity index (χ0n) is 19.0. The zero-order valence-corrected chi connectivity index (χ0v) is 20.5. The van der Waals surface area contributed by atoms with Gasteiger partial charge in [-0.05, 0) is 67.1 Å². The number of hydrogen-bond donors (Lipinski definition) is 0. The third kappa shape index (κ3) is 6.45. The van der Waals surface area contributed by atoms with Crippen LogP contribution in [0, 0.1) is 6.92 Å². The fraction of sp³-hybridized carbons (Fsp3) is 0.292. The molecule has 2 amide bonds. The number of nitrogens with zero attached hydrogens (tertiary/aromatic N) is 1. The quantitative estimate of drug-likeness (QED) is 0.338. The maximum Gasteiger partial charge on any atom is 0.343 e. The molecule has 1 heterocycles. The number of ether oxygens (including phenoxy) is 4. The molecule has 0 aromatic heterocycles. The lowest BCUT2D eigenvalue weighted by molar-refractivity contribution is -0.142. The lowest BCUT2D eigenvalue weighted by Gasteiger charge is -2.14. The summed E-state index contributed by atoms with van der Waals surface area (Å²) in [4.78, 5) is 38.0. The second-order valence-corrected chi connectivity index (χ2v) is 8.53. The Kier molecular flexibility index (Phi) is 8.84. The fourth-order valence-electron chi connectivity index (χ4n) is 3.07. The van der Waals surface area contributed by atoms with Crippen molar-refractivity contribution in [1.29, 1.82) is 0 Å². The molecule has 3 rings (SSSR count). The molecule has 0 saturated carbocycles. The molecule has 0 spiro atoms. The molecule has 1 fully saturated rings. The Balaban J connectivity index is 1.72. The number of carbonyl (C=O) groups is 3. The maximum atomic E-state index is 12.8. The summed E-state index contributed by atoms with van der Waals surface area (Å²) < 4.78 is 21.3. The van der Waals surface area contributed by atoms with E-state index in [4.69, 9.17) is 25.8 Å². The predicted molar refractivity (Wildman–Crippen MR) is 129 cm³/mol. The van der Waals surface area contributed by atoms with Crippen molar-refractivity contribution in [2.24, 2.45) is 0 Å². The molecule has 2 aromatic carbocycles. The van der Waals surface area contributed by atoms with Gasteiger partial charge < -0.3 is 18.9 Å². The summed E-state index contributed by atoms with van der Waals surface area (Å²) in [5, 5.41) is -0.190. The molecule has 0 N–H and O–H groups in total. The first-order valence-electron chi connectivity index (χ1n) is 10.4. The van der Waals surface area contributed by atoms with Crippen LogP contribution in [-0.2, 0) is 14.3 Å². The van der Waals surface area contributed by atoms with Gasteiger partial charge in [-0.1, -0.05) is 23.7 Å². The molecule has 180 valence electrons.